The highest BCUT2D eigenvalue weighted by atomic mass is 31.2. The lowest BCUT2D eigenvalue weighted by Gasteiger charge is -2.02. The fourth-order valence-electron chi connectivity index (χ4n) is 0.578. The summed E-state index contributed by atoms with van der Waals surface area (Å²) in [5.74, 6) is 0. The molecular weight excluding hydrogens is 205 g/mol. The van der Waals surface area contributed by atoms with E-state index in [1.807, 2.05) is 6.92 Å². The Morgan fingerprint density at radius 2 is 1.71 bits per heavy atom. The smallest absolute Gasteiger partial charge is 0.317 e. The Bertz CT molecular complexity index is 146. The summed E-state index contributed by atoms with van der Waals surface area (Å²) in [6.07, 6.45) is 1.56. The van der Waals surface area contributed by atoms with E-state index >= 15 is 0 Å². The monoisotopic (exact) mass is 227 g/mol. The molecule has 0 aliphatic rings. The molecule has 0 fully saturated rings. The number of unbranched alkanes of at least 4 members (excludes halogenated alkanes) is 1. The van der Waals surface area contributed by atoms with Gasteiger partial charge >= 0.3 is 7.82 Å². The maximum atomic E-state index is 9.98. The average molecular weight is 227 g/mol. The highest BCUT2D eigenvalue weighted by Gasteiger charge is 2.11. The minimum absolute atomic E-state index is 0.140. The van der Waals surface area contributed by atoms with Crippen LogP contribution in [0.25, 0.3) is 0 Å². The molecule has 0 aromatic carbocycles. The van der Waals surface area contributed by atoms with E-state index in [0.717, 1.165) is 19.5 Å². The SMILES string of the molecule is CCCCOP(=O)(O)O.CCNCC. The number of rotatable bonds is 6. The summed E-state index contributed by atoms with van der Waals surface area (Å²) in [5.41, 5.74) is 0. The third-order valence-electron chi connectivity index (χ3n) is 1.26. The number of hydrogen-bond acceptors (Lipinski definition) is 3. The molecule has 0 aromatic rings. The number of phosphoric acid groups is 1. The van der Waals surface area contributed by atoms with Crippen LogP contribution in [0.4, 0.5) is 0 Å². The van der Waals surface area contributed by atoms with E-state index in [9.17, 15) is 4.57 Å². The average Bonchev–Trinajstić information content (AvgIpc) is 2.05. The zero-order valence-electron chi connectivity index (χ0n) is 9.19. The molecule has 0 spiro atoms. The van der Waals surface area contributed by atoms with Gasteiger partial charge in [0.2, 0.25) is 0 Å². The molecule has 14 heavy (non-hydrogen) atoms. The first-order valence-corrected chi connectivity index (χ1v) is 6.41. The predicted molar refractivity (Wildman–Crippen MR) is 57.1 cm³/mol. The van der Waals surface area contributed by atoms with Gasteiger partial charge in [-0.05, 0) is 19.5 Å². The molecular formula is C8H22NO4P. The molecule has 0 unspecified atom stereocenters. The van der Waals surface area contributed by atoms with Crippen LogP contribution in [0, 0.1) is 0 Å². The minimum atomic E-state index is -4.20. The molecule has 5 nitrogen and oxygen atoms in total. The summed E-state index contributed by atoms with van der Waals surface area (Å²) in [6, 6.07) is 0. The van der Waals surface area contributed by atoms with E-state index in [4.69, 9.17) is 9.79 Å². The first-order chi connectivity index (χ1) is 6.47. The lowest BCUT2D eigenvalue weighted by molar-refractivity contribution is 0.194. The van der Waals surface area contributed by atoms with Crippen molar-refractivity contribution in [1.82, 2.24) is 5.32 Å². The first-order valence-electron chi connectivity index (χ1n) is 4.88. The zero-order valence-corrected chi connectivity index (χ0v) is 10.1. The third kappa shape index (κ3) is 22.7. The summed E-state index contributed by atoms with van der Waals surface area (Å²) < 4.78 is 14.1. The summed E-state index contributed by atoms with van der Waals surface area (Å²) in [5, 5.41) is 3.11. The molecule has 0 saturated heterocycles. The molecule has 0 rings (SSSR count). The van der Waals surface area contributed by atoms with Crippen LogP contribution in [-0.4, -0.2) is 29.5 Å². The summed E-state index contributed by atoms with van der Waals surface area (Å²) in [7, 11) is -4.20. The molecule has 0 radical (unpaired) electrons. The summed E-state index contributed by atoms with van der Waals surface area (Å²) >= 11 is 0. The van der Waals surface area contributed by atoms with Gasteiger partial charge < -0.3 is 15.1 Å². The van der Waals surface area contributed by atoms with E-state index < -0.39 is 7.82 Å². The summed E-state index contributed by atoms with van der Waals surface area (Å²) in [6.45, 7) is 8.45. The fraction of sp³-hybridized carbons (Fsp3) is 1.00. The standard InChI is InChI=1S/C4H11N.C4H11O4P/c1-3-5-4-2;1-2-3-4-8-9(5,6)7/h5H,3-4H2,1-2H3;2-4H2,1H3,(H2,5,6,7). The second kappa shape index (κ2) is 11.1. The topological polar surface area (TPSA) is 78.8 Å². The van der Waals surface area contributed by atoms with Gasteiger partial charge in [-0.2, -0.15) is 0 Å². The second-order valence-corrected chi connectivity index (χ2v) is 3.87. The van der Waals surface area contributed by atoms with Gasteiger partial charge in [0.25, 0.3) is 0 Å². The molecule has 0 atom stereocenters. The zero-order chi connectivity index (χ0) is 11.4. The van der Waals surface area contributed by atoms with E-state index in [-0.39, 0.29) is 6.61 Å². The Hall–Kier alpha value is 0.0700. The molecule has 0 amide bonds. The highest BCUT2D eigenvalue weighted by molar-refractivity contribution is 7.46. The van der Waals surface area contributed by atoms with E-state index in [1.54, 1.807) is 0 Å². The Labute approximate surface area is 86.1 Å². The quantitative estimate of drug-likeness (QED) is 0.473. The van der Waals surface area contributed by atoms with Gasteiger partial charge in [-0.15, -0.1) is 0 Å². The van der Waals surface area contributed by atoms with Crippen LogP contribution >= 0.6 is 7.82 Å². The normalized spacial score (nSPS) is 10.6. The largest absolute Gasteiger partial charge is 0.469 e. The van der Waals surface area contributed by atoms with Crippen LogP contribution in [-0.2, 0) is 9.09 Å². The van der Waals surface area contributed by atoms with Crippen molar-refractivity contribution >= 4 is 7.82 Å². The molecule has 0 aliphatic heterocycles. The Morgan fingerprint density at radius 1 is 1.21 bits per heavy atom. The maximum absolute atomic E-state index is 9.98. The molecule has 0 aromatic heterocycles. The van der Waals surface area contributed by atoms with Gasteiger partial charge in [0.15, 0.2) is 0 Å². The minimum Gasteiger partial charge on any atom is -0.317 e. The molecule has 3 N–H and O–H groups in total. The van der Waals surface area contributed by atoms with Crippen molar-refractivity contribution in [3.63, 3.8) is 0 Å². The van der Waals surface area contributed by atoms with Gasteiger partial charge in [0.1, 0.15) is 0 Å². The Kier molecular flexibility index (Phi) is 13.1. The van der Waals surface area contributed by atoms with Crippen LogP contribution in [0.1, 0.15) is 33.6 Å². The Balaban J connectivity index is 0. The summed E-state index contributed by atoms with van der Waals surface area (Å²) in [4.78, 5) is 16.3. The van der Waals surface area contributed by atoms with Crippen LogP contribution in [0.2, 0.25) is 0 Å². The first kappa shape index (κ1) is 16.5. The van der Waals surface area contributed by atoms with Gasteiger partial charge in [0.05, 0.1) is 6.61 Å². The van der Waals surface area contributed by atoms with Crippen molar-refractivity contribution in [2.75, 3.05) is 19.7 Å². The molecule has 6 heteroatoms. The number of hydrogen-bond donors (Lipinski definition) is 3. The van der Waals surface area contributed by atoms with Crippen LogP contribution < -0.4 is 5.32 Å². The van der Waals surface area contributed by atoms with Crippen molar-refractivity contribution in [1.29, 1.82) is 0 Å². The highest BCUT2D eigenvalue weighted by Crippen LogP contribution is 2.35. The number of nitrogens with one attached hydrogen (secondary N) is 1. The van der Waals surface area contributed by atoms with E-state index in [2.05, 4.69) is 23.7 Å². The van der Waals surface area contributed by atoms with Gasteiger partial charge in [0, 0.05) is 0 Å². The van der Waals surface area contributed by atoms with Gasteiger partial charge in [-0.25, -0.2) is 4.57 Å². The van der Waals surface area contributed by atoms with Gasteiger partial charge in [-0.1, -0.05) is 27.2 Å². The molecule has 0 aliphatic carbocycles. The van der Waals surface area contributed by atoms with Gasteiger partial charge in [-0.3, -0.25) is 4.52 Å². The van der Waals surface area contributed by atoms with Crippen LogP contribution in [0.15, 0.2) is 0 Å². The molecule has 88 valence electrons. The van der Waals surface area contributed by atoms with Crippen LogP contribution in [0.3, 0.4) is 0 Å². The van der Waals surface area contributed by atoms with E-state index in [0.29, 0.717) is 6.42 Å². The lowest BCUT2D eigenvalue weighted by Crippen LogP contribution is -2.09. The molecule has 0 saturated carbocycles. The van der Waals surface area contributed by atoms with Crippen LogP contribution in [0.5, 0.6) is 0 Å². The Morgan fingerprint density at radius 3 is 1.93 bits per heavy atom. The van der Waals surface area contributed by atoms with Crippen molar-refractivity contribution in [2.45, 2.75) is 33.6 Å². The maximum Gasteiger partial charge on any atom is 0.469 e. The lowest BCUT2D eigenvalue weighted by atomic mass is 10.4. The van der Waals surface area contributed by atoms with Crippen molar-refractivity contribution in [3.8, 4) is 0 Å². The van der Waals surface area contributed by atoms with Crippen molar-refractivity contribution < 1.29 is 18.9 Å². The van der Waals surface area contributed by atoms with Crippen molar-refractivity contribution in [2.24, 2.45) is 0 Å². The second-order valence-electron chi connectivity index (χ2n) is 2.63. The van der Waals surface area contributed by atoms with E-state index in [1.165, 1.54) is 0 Å². The third-order valence-corrected chi connectivity index (χ3v) is 1.78. The van der Waals surface area contributed by atoms with Crippen molar-refractivity contribution in [3.05, 3.63) is 0 Å². The predicted octanol–water partition coefficient (Wildman–Crippen LogP) is 1.51. The fourth-order valence-corrected chi connectivity index (χ4v) is 0.945. The molecule has 0 heterocycles. The molecule has 0 bridgehead atoms. The number of phosphoric ester groups is 1.